The predicted octanol–water partition coefficient (Wildman–Crippen LogP) is 2.76. The average Bonchev–Trinajstić information content (AvgIpc) is 3.36. The molecule has 1 aliphatic carbocycles. The van der Waals surface area contributed by atoms with E-state index in [4.69, 9.17) is 0 Å². The van der Waals surface area contributed by atoms with Gasteiger partial charge in [-0.15, -0.1) is 0 Å². The molecule has 2 N–H and O–H groups in total. The summed E-state index contributed by atoms with van der Waals surface area (Å²) in [5.74, 6) is 0.241. The van der Waals surface area contributed by atoms with Crippen LogP contribution in [0, 0.1) is 12.8 Å². The van der Waals surface area contributed by atoms with Gasteiger partial charge in [0.1, 0.15) is 0 Å². The van der Waals surface area contributed by atoms with Crippen molar-refractivity contribution in [3.8, 4) is 10.6 Å². The van der Waals surface area contributed by atoms with Gasteiger partial charge >= 0.3 is 0 Å². The first-order valence-corrected chi connectivity index (χ1v) is 8.91. The van der Waals surface area contributed by atoms with Crippen molar-refractivity contribution in [2.45, 2.75) is 32.6 Å². The van der Waals surface area contributed by atoms with Crippen LogP contribution in [0.25, 0.3) is 10.6 Å². The van der Waals surface area contributed by atoms with Gasteiger partial charge in [0.25, 0.3) is 0 Å². The van der Waals surface area contributed by atoms with Gasteiger partial charge in [0.2, 0.25) is 11.8 Å². The lowest BCUT2D eigenvalue weighted by Crippen LogP contribution is -2.26. The third-order valence-corrected chi connectivity index (χ3v) is 4.86. The van der Waals surface area contributed by atoms with E-state index < -0.39 is 0 Å². The zero-order valence-electron chi connectivity index (χ0n) is 13.5. The molecular formula is C17H20N4O2S. The fraction of sp³-hybridized carbons (Fsp3) is 0.412. The topological polar surface area (TPSA) is 84.0 Å². The normalized spacial score (nSPS) is 13.5. The minimum Gasteiger partial charge on any atom is -0.356 e. The standard InChI is InChI=1S/C17H20N4O2S/c1-11-15(13-5-2-3-9-18-13)24-17(20-11)21-14(22)6-4-10-19-16(23)12-7-8-12/h2-3,5,9,12H,4,6-8,10H2,1H3,(H,19,23)(H,20,21,22). The highest BCUT2D eigenvalue weighted by atomic mass is 32.1. The summed E-state index contributed by atoms with van der Waals surface area (Å²) < 4.78 is 0. The van der Waals surface area contributed by atoms with Gasteiger partial charge in [-0.2, -0.15) is 0 Å². The maximum absolute atomic E-state index is 12.0. The molecule has 2 aromatic heterocycles. The van der Waals surface area contributed by atoms with Crippen LogP contribution in [-0.4, -0.2) is 28.3 Å². The van der Waals surface area contributed by atoms with E-state index in [9.17, 15) is 9.59 Å². The average molecular weight is 344 g/mol. The third-order valence-electron chi connectivity index (χ3n) is 3.77. The number of nitrogens with zero attached hydrogens (tertiary/aromatic N) is 2. The van der Waals surface area contributed by atoms with E-state index in [1.165, 1.54) is 11.3 Å². The summed E-state index contributed by atoms with van der Waals surface area (Å²) in [6.07, 6.45) is 4.72. The van der Waals surface area contributed by atoms with Crippen LogP contribution in [0.3, 0.4) is 0 Å². The number of amides is 2. The molecule has 1 aliphatic rings. The summed E-state index contributed by atoms with van der Waals surface area (Å²) in [6.45, 7) is 2.45. The maximum Gasteiger partial charge on any atom is 0.226 e. The van der Waals surface area contributed by atoms with Gasteiger partial charge in [0.05, 0.1) is 16.3 Å². The van der Waals surface area contributed by atoms with Gasteiger partial charge in [-0.1, -0.05) is 17.4 Å². The highest BCUT2D eigenvalue weighted by Crippen LogP contribution is 2.31. The van der Waals surface area contributed by atoms with Gasteiger partial charge in [-0.05, 0) is 38.3 Å². The van der Waals surface area contributed by atoms with Crippen molar-refractivity contribution >= 4 is 28.3 Å². The first-order valence-electron chi connectivity index (χ1n) is 8.10. The van der Waals surface area contributed by atoms with Crippen LogP contribution < -0.4 is 10.6 Å². The smallest absolute Gasteiger partial charge is 0.226 e. The second kappa shape index (κ2) is 7.53. The summed E-state index contributed by atoms with van der Waals surface area (Å²) in [7, 11) is 0. The number of carbonyl (C=O) groups is 2. The Bertz CT molecular complexity index is 725. The number of nitrogens with one attached hydrogen (secondary N) is 2. The van der Waals surface area contributed by atoms with Crippen molar-refractivity contribution in [2.24, 2.45) is 5.92 Å². The quantitative estimate of drug-likeness (QED) is 0.757. The molecule has 2 aromatic rings. The monoisotopic (exact) mass is 344 g/mol. The summed E-state index contributed by atoms with van der Waals surface area (Å²) in [5.41, 5.74) is 1.71. The lowest BCUT2D eigenvalue weighted by Gasteiger charge is -2.04. The first kappa shape index (κ1) is 16.6. The number of pyridine rings is 1. The Labute approximate surface area is 144 Å². The van der Waals surface area contributed by atoms with Gasteiger partial charge in [0.15, 0.2) is 5.13 Å². The molecule has 2 heterocycles. The Balaban J connectivity index is 1.47. The Morgan fingerprint density at radius 1 is 1.33 bits per heavy atom. The lowest BCUT2D eigenvalue weighted by molar-refractivity contribution is -0.122. The van der Waals surface area contributed by atoms with Crippen LogP contribution in [0.4, 0.5) is 5.13 Å². The number of thiazole rings is 1. The summed E-state index contributed by atoms with van der Waals surface area (Å²) in [6, 6.07) is 5.72. The third kappa shape index (κ3) is 4.38. The minimum atomic E-state index is -0.0861. The molecule has 7 heteroatoms. The van der Waals surface area contributed by atoms with Gasteiger partial charge < -0.3 is 10.6 Å². The molecule has 0 aromatic carbocycles. The van der Waals surface area contributed by atoms with E-state index in [-0.39, 0.29) is 17.7 Å². The molecular weight excluding hydrogens is 324 g/mol. The molecule has 0 aliphatic heterocycles. The summed E-state index contributed by atoms with van der Waals surface area (Å²) in [5, 5.41) is 6.27. The van der Waals surface area contributed by atoms with Crippen molar-refractivity contribution in [3.05, 3.63) is 30.1 Å². The zero-order valence-corrected chi connectivity index (χ0v) is 14.4. The molecule has 126 valence electrons. The van der Waals surface area contributed by atoms with Gasteiger partial charge in [0, 0.05) is 25.1 Å². The Morgan fingerprint density at radius 3 is 2.88 bits per heavy atom. The van der Waals surface area contributed by atoms with E-state index >= 15 is 0 Å². The molecule has 1 saturated carbocycles. The Kier molecular flexibility index (Phi) is 5.20. The van der Waals surface area contributed by atoms with Crippen molar-refractivity contribution in [3.63, 3.8) is 0 Å². The largest absolute Gasteiger partial charge is 0.356 e. The van der Waals surface area contributed by atoms with E-state index in [1.807, 2.05) is 25.1 Å². The number of rotatable bonds is 7. The molecule has 0 spiro atoms. The van der Waals surface area contributed by atoms with Crippen LogP contribution in [0.15, 0.2) is 24.4 Å². The highest BCUT2D eigenvalue weighted by Gasteiger charge is 2.29. The molecule has 0 radical (unpaired) electrons. The number of aryl methyl sites for hydroxylation is 1. The Hall–Kier alpha value is -2.28. The van der Waals surface area contributed by atoms with Crippen LogP contribution in [0.1, 0.15) is 31.4 Å². The molecule has 0 unspecified atom stereocenters. The van der Waals surface area contributed by atoms with E-state index in [1.54, 1.807) is 6.20 Å². The predicted molar refractivity (Wildman–Crippen MR) is 93.7 cm³/mol. The van der Waals surface area contributed by atoms with Gasteiger partial charge in [-0.3, -0.25) is 14.6 Å². The van der Waals surface area contributed by atoms with Crippen LogP contribution in [-0.2, 0) is 9.59 Å². The molecule has 24 heavy (non-hydrogen) atoms. The lowest BCUT2D eigenvalue weighted by atomic mass is 10.3. The van der Waals surface area contributed by atoms with Crippen molar-refractivity contribution in [1.29, 1.82) is 0 Å². The van der Waals surface area contributed by atoms with Crippen LogP contribution >= 0.6 is 11.3 Å². The number of aromatic nitrogens is 2. The molecule has 2 amide bonds. The van der Waals surface area contributed by atoms with E-state index in [0.717, 1.165) is 29.1 Å². The fourth-order valence-corrected chi connectivity index (χ4v) is 3.28. The summed E-state index contributed by atoms with van der Waals surface area (Å²) in [4.78, 5) is 33.1. The first-order chi connectivity index (χ1) is 11.6. The number of hydrogen-bond acceptors (Lipinski definition) is 5. The molecule has 0 bridgehead atoms. The summed E-state index contributed by atoms with van der Waals surface area (Å²) >= 11 is 1.42. The second-order valence-electron chi connectivity index (χ2n) is 5.87. The maximum atomic E-state index is 12.0. The highest BCUT2D eigenvalue weighted by molar-refractivity contribution is 7.19. The second-order valence-corrected chi connectivity index (χ2v) is 6.86. The molecule has 1 fully saturated rings. The molecule has 0 atom stereocenters. The van der Waals surface area contributed by atoms with Crippen LogP contribution in [0.2, 0.25) is 0 Å². The molecule has 3 rings (SSSR count). The Morgan fingerprint density at radius 2 is 2.17 bits per heavy atom. The zero-order chi connectivity index (χ0) is 16.9. The molecule has 0 saturated heterocycles. The van der Waals surface area contributed by atoms with Crippen LogP contribution in [0.5, 0.6) is 0 Å². The van der Waals surface area contributed by atoms with E-state index in [0.29, 0.717) is 24.5 Å². The van der Waals surface area contributed by atoms with Crippen molar-refractivity contribution < 1.29 is 9.59 Å². The fourth-order valence-electron chi connectivity index (χ4n) is 2.32. The number of anilines is 1. The minimum absolute atomic E-state index is 0.0861. The number of carbonyl (C=O) groups excluding carboxylic acids is 2. The van der Waals surface area contributed by atoms with Crippen molar-refractivity contribution in [2.75, 3.05) is 11.9 Å². The molecule has 6 nitrogen and oxygen atoms in total. The number of hydrogen-bond donors (Lipinski definition) is 2. The van der Waals surface area contributed by atoms with E-state index in [2.05, 4.69) is 20.6 Å². The van der Waals surface area contributed by atoms with Gasteiger partial charge in [-0.25, -0.2) is 4.98 Å². The van der Waals surface area contributed by atoms with Crippen molar-refractivity contribution in [1.82, 2.24) is 15.3 Å². The SMILES string of the molecule is Cc1nc(NC(=O)CCCNC(=O)C2CC2)sc1-c1ccccn1.